The minimum atomic E-state index is -0.435. The van der Waals surface area contributed by atoms with Crippen molar-refractivity contribution in [3.63, 3.8) is 0 Å². The fourth-order valence-electron chi connectivity index (χ4n) is 1.59. The molecule has 16 heavy (non-hydrogen) atoms. The summed E-state index contributed by atoms with van der Waals surface area (Å²) in [4.78, 5) is 21.4. The lowest BCUT2D eigenvalue weighted by Crippen LogP contribution is -2.27. The Morgan fingerprint density at radius 3 is 2.62 bits per heavy atom. The highest BCUT2D eigenvalue weighted by Crippen LogP contribution is 2.19. The maximum atomic E-state index is 11.5. The fourth-order valence-corrected chi connectivity index (χ4v) is 1.75. The van der Waals surface area contributed by atoms with Gasteiger partial charge in [-0.25, -0.2) is 19.7 Å². The summed E-state index contributed by atoms with van der Waals surface area (Å²) >= 11 is 5.64. The molecule has 0 bridgehead atoms. The summed E-state index contributed by atoms with van der Waals surface area (Å²) in [6, 6.07) is 1.85. The zero-order valence-corrected chi connectivity index (χ0v) is 9.86. The molecular formula is C10H12ClN3O2. The van der Waals surface area contributed by atoms with Crippen LogP contribution in [0.3, 0.4) is 0 Å². The van der Waals surface area contributed by atoms with Crippen LogP contribution in [0.4, 0.5) is 10.7 Å². The van der Waals surface area contributed by atoms with Crippen LogP contribution in [0, 0.1) is 13.8 Å². The highest BCUT2D eigenvalue weighted by Gasteiger charge is 2.33. The SMILES string of the molecule is Cc1cc(C)nc(N2C[C@H](CCl)OC2=O)n1. The molecule has 0 aromatic carbocycles. The normalized spacial score (nSPS) is 20.1. The first-order valence-corrected chi connectivity index (χ1v) is 5.50. The summed E-state index contributed by atoms with van der Waals surface area (Å²) in [5, 5.41) is 0. The summed E-state index contributed by atoms with van der Waals surface area (Å²) in [7, 11) is 0. The molecule has 5 nitrogen and oxygen atoms in total. The average Bonchev–Trinajstić information content (AvgIpc) is 2.58. The number of aryl methyl sites for hydroxylation is 2. The molecule has 0 N–H and O–H groups in total. The number of cyclic esters (lactones) is 1. The Labute approximate surface area is 98.4 Å². The number of ether oxygens (including phenoxy) is 1. The van der Waals surface area contributed by atoms with Gasteiger partial charge in [0.05, 0.1) is 12.4 Å². The van der Waals surface area contributed by atoms with Crippen LogP contribution in [-0.4, -0.2) is 34.6 Å². The van der Waals surface area contributed by atoms with Gasteiger partial charge in [-0.3, -0.25) is 0 Å². The van der Waals surface area contributed by atoms with Gasteiger partial charge in [0.15, 0.2) is 0 Å². The quantitative estimate of drug-likeness (QED) is 0.739. The highest BCUT2D eigenvalue weighted by atomic mass is 35.5. The van der Waals surface area contributed by atoms with E-state index in [4.69, 9.17) is 16.3 Å². The van der Waals surface area contributed by atoms with Gasteiger partial charge >= 0.3 is 6.09 Å². The first-order chi connectivity index (χ1) is 7.60. The lowest BCUT2D eigenvalue weighted by molar-refractivity contribution is 0.151. The molecule has 1 aromatic heterocycles. The van der Waals surface area contributed by atoms with Crippen molar-refractivity contribution in [2.75, 3.05) is 17.3 Å². The van der Waals surface area contributed by atoms with Crippen molar-refractivity contribution >= 4 is 23.6 Å². The van der Waals surface area contributed by atoms with Crippen molar-refractivity contribution in [3.8, 4) is 0 Å². The van der Waals surface area contributed by atoms with E-state index in [0.717, 1.165) is 11.4 Å². The molecule has 0 spiro atoms. The van der Waals surface area contributed by atoms with Crippen LogP contribution in [0.2, 0.25) is 0 Å². The van der Waals surface area contributed by atoms with Crippen molar-refractivity contribution in [2.24, 2.45) is 0 Å². The van der Waals surface area contributed by atoms with Gasteiger partial charge in [-0.05, 0) is 19.9 Å². The minimum Gasteiger partial charge on any atom is -0.443 e. The van der Waals surface area contributed by atoms with Crippen LogP contribution in [0.25, 0.3) is 0 Å². The Balaban J connectivity index is 2.27. The number of anilines is 1. The average molecular weight is 242 g/mol. The third-order valence-corrected chi connectivity index (χ3v) is 2.60. The standard InChI is InChI=1S/C10H12ClN3O2/c1-6-3-7(2)13-9(12-6)14-5-8(4-11)16-10(14)15/h3,8H,4-5H2,1-2H3/t8-/m0/s1. The van der Waals surface area contributed by atoms with Crippen LogP contribution >= 0.6 is 11.6 Å². The number of amides is 1. The van der Waals surface area contributed by atoms with Gasteiger partial charge < -0.3 is 4.74 Å². The van der Waals surface area contributed by atoms with Gasteiger partial charge in [-0.15, -0.1) is 11.6 Å². The van der Waals surface area contributed by atoms with E-state index >= 15 is 0 Å². The zero-order valence-electron chi connectivity index (χ0n) is 9.11. The summed E-state index contributed by atoms with van der Waals surface area (Å²) in [5.74, 6) is 0.669. The smallest absolute Gasteiger partial charge is 0.417 e. The second-order valence-corrected chi connectivity index (χ2v) is 4.03. The molecule has 86 valence electrons. The number of carbonyl (C=O) groups excluding carboxylic acids is 1. The zero-order chi connectivity index (χ0) is 11.7. The van der Waals surface area contributed by atoms with Crippen LogP contribution in [0.5, 0.6) is 0 Å². The van der Waals surface area contributed by atoms with Crippen molar-refractivity contribution in [1.29, 1.82) is 0 Å². The molecular weight excluding hydrogens is 230 g/mol. The number of alkyl halides is 1. The number of carbonyl (C=O) groups is 1. The third kappa shape index (κ3) is 2.09. The number of aromatic nitrogens is 2. The van der Waals surface area contributed by atoms with E-state index in [1.54, 1.807) is 0 Å². The summed E-state index contributed by atoms with van der Waals surface area (Å²) in [6.45, 7) is 4.13. The summed E-state index contributed by atoms with van der Waals surface area (Å²) in [6.07, 6.45) is -0.714. The van der Waals surface area contributed by atoms with Crippen LogP contribution in [0.1, 0.15) is 11.4 Å². The minimum absolute atomic E-state index is 0.279. The number of halogens is 1. The second-order valence-electron chi connectivity index (χ2n) is 3.72. The van der Waals surface area contributed by atoms with Gasteiger partial charge in [0, 0.05) is 11.4 Å². The molecule has 1 atom stereocenters. The van der Waals surface area contributed by atoms with E-state index < -0.39 is 6.09 Å². The Kier molecular flexibility index (Phi) is 2.96. The lowest BCUT2D eigenvalue weighted by Gasteiger charge is -2.11. The molecule has 1 amide bonds. The first kappa shape index (κ1) is 11.1. The number of nitrogens with zero attached hydrogens (tertiary/aromatic N) is 3. The Morgan fingerprint density at radius 2 is 2.12 bits per heavy atom. The van der Waals surface area contributed by atoms with Gasteiger partial charge in [0.25, 0.3) is 0 Å². The molecule has 2 heterocycles. The van der Waals surface area contributed by atoms with Crippen molar-refractivity contribution < 1.29 is 9.53 Å². The predicted molar refractivity (Wildman–Crippen MR) is 59.8 cm³/mol. The first-order valence-electron chi connectivity index (χ1n) is 4.96. The molecule has 1 saturated heterocycles. The van der Waals surface area contributed by atoms with Crippen molar-refractivity contribution in [1.82, 2.24) is 9.97 Å². The van der Waals surface area contributed by atoms with Crippen molar-refractivity contribution in [2.45, 2.75) is 20.0 Å². The molecule has 0 unspecified atom stereocenters. The Hall–Kier alpha value is -1.36. The molecule has 2 rings (SSSR count). The lowest BCUT2D eigenvalue weighted by atomic mass is 10.3. The fraction of sp³-hybridized carbons (Fsp3) is 0.500. The number of rotatable bonds is 2. The van der Waals surface area contributed by atoms with Gasteiger partial charge in [-0.1, -0.05) is 0 Å². The molecule has 1 fully saturated rings. The van der Waals surface area contributed by atoms with Crippen LogP contribution in [-0.2, 0) is 4.74 Å². The van der Waals surface area contributed by atoms with E-state index in [9.17, 15) is 4.79 Å². The summed E-state index contributed by atoms with van der Waals surface area (Å²) < 4.78 is 5.03. The predicted octanol–water partition coefficient (Wildman–Crippen LogP) is 1.66. The molecule has 1 aromatic rings. The monoisotopic (exact) mass is 241 g/mol. The topological polar surface area (TPSA) is 55.3 Å². The van der Waals surface area contributed by atoms with E-state index in [1.807, 2.05) is 19.9 Å². The maximum Gasteiger partial charge on any atom is 0.417 e. The Morgan fingerprint density at radius 1 is 1.50 bits per heavy atom. The molecule has 6 heteroatoms. The summed E-state index contributed by atoms with van der Waals surface area (Å²) in [5.41, 5.74) is 1.65. The molecule has 0 aliphatic carbocycles. The highest BCUT2D eigenvalue weighted by molar-refractivity contribution is 6.18. The molecule has 1 aliphatic heterocycles. The third-order valence-electron chi connectivity index (χ3n) is 2.26. The van der Waals surface area contributed by atoms with Gasteiger partial charge in [0.1, 0.15) is 6.10 Å². The van der Waals surface area contributed by atoms with E-state index in [-0.39, 0.29) is 12.0 Å². The molecule has 0 saturated carbocycles. The van der Waals surface area contributed by atoms with Crippen molar-refractivity contribution in [3.05, 3.63) is 17.5 Å². The second kappa shape index (κ2) is 4.25. The number of hydrogen-bond donors (Lipinski definition) is 0. The van der Waals surface area contributed by atoms with E-state index in [0.29, 0.717) is 12.5 Å². The Bertz CT molecular complexity index is 404. The van der Waals surface area contributed by atoms with E-state index in [1.165, 1.54) is 4.90 Å². The van der Waals surface area contributed by atoms with Crippen LogP contribution in [0.15, 0.2) is 6.07 Å². The van der Waals surface area contributed by atoms with Gasteiger partial charge in [0.2, 0.25) is 5.95 Å². The molecule has 0 radical (unpaired) electrons. The largest absolute Gasteiger partial charge is 0.443 e. The maximum absolute atomic E-state index is 11.5. The number of hydrogen-bond acceptors (Lipinski definition) is 4. The van der Waals surface area contributed by atoms with Crippen LogP contribution < -0.4 is 4.90 Å². The van der Waals surface area contributed by atoms with Gasteiger partial charge in [-0.2, -0.15) is 0 Å². The molecule has 1 aliphatic rings. The van der Waals surface area contributed by atoms with E-state index in [2.05, 4.69) is 9.97 Å².